The van der Waals surface area contributed by atoms with Gasteiger partial charge in [-0.25, -0.2) is 9.67 Å². The van der Waals surface area contributed by atoms with Crippen LogP contribution in [-0.2, 0) is 6.54 Å². The average Bonchev–Trinajstić information content (AvgIpc) is 3.38. The van der Waals surface area contributed by atoms with Crippen LogP contribution < -0.4 is 20.4 Å². The Hall–Kier alpha value is -4.45. The topological polar surface area (TPSA) is 79.6 Å². The van der Waals surface area contributed by atoms with Crippen LogP contribution in [0.25, 0.3) is 17.1 Å². The Morgan fingerprint density at radius 3 is 2.45 bits per heavy atom. The van der Waals surface area contributed by atoms with E-state index in [0.29, 0.717) is 23.2 Å². The van der Waals surface area contributed by atoms with Crippen LogP contribution in [0.4, 0.5) is 18.9 Å². The SMILES string of the molecule is CN(C)c1ccccc1CNC(=S)N/N=C/c1ccc(-c2ncn(-c3ccc(OC(F)(F)F)cc3)n2)cc1. The number of hydrogen-bond acceptors (Lipinski definition) is 6. The molecule has 1 aromatic heterocycles. The standard InChI is InChI=1S/C26H24F3N7OS/c1-35(2)23-6-4-3-5-20(23)16-30-25(38)33-32-15-18-7-9-19(10-8-18)24-31-17-36(34-24)21-11-13-22(14-12-21)37-26(27,28)29/h3-15,17H,16H2,1-2H3,(H2,30,33,38)/b32-15+. The minimum Gasteiger partial charge on any atom is -0.406 e. The highest BCUT2D eigenvalue weighted by Crippen LogP contribution is 2.24. The van der Waals surface area contributed by atoms with Crippen molar-refractivity contribution in [3.63, 3.8) is 0 Å². The number of anilines is 1. The number of aromatic nitrogens is 3. The van der Waals surface area contributed by atoms with E-state index in [1.165, 1.54) is 35.3 Å². The van der Waals surface area contributed by atoms with E-state index < -0.39 is 6.36 Å². The molecular weight excluding hydrogens is 515 g/mol. The molecule has 0 saturated heterocycles. The van der Waals surface area contributed by atoms with Gasteiger partial charge in [0.2, 0.25) is 0 Å². The van der Waals surface area contributed by atoms with E-state index in [2.05, 4.69) is 30.7 Å². The average molecular weight is 540 g/mol. The Kier molecular flexibility index (Phi) is 8.22. The third kappa shape index (κ3) is 7.29. The molecule has 0 radical (unpaired) electrons. The molecule has 0 aliphatic heterocycles. The number of thiocarbonyl (C=S) groups is 1. The molecular formula is C26H24F3N7OS. The molecule has 0 atom stereocenters. The lowest BCUT2D eigenvalue weighted by Gasteiger charge is -2.17. The molecule has 3 aromatic carbocycles. The highest BCUT2D eigenvalue weighted by molar-refractivity contribution is 7.80. The van der Waals surface area contributed by atoms with Crippen LogP contribution in [0.1, 0.15) is 11.1 Å². The van der Waals surface area contributed by atoms with E-state index in [-0.39, 0.29) is 5.75 Å². The smallest absolute Gasteiger partial charge is 0.406 e. The third-order valence-electron chi connectivity index (χ3n) is 5.29. The molecule has 0 unspecified atom stereocenters. The molecule has 0 spiro atoms. The Morgan fingerprint density at radius 1 is 1.05 bits per heavy atom. The first kappa shape index (κ1) is 26.6. The number of hydrogen-bond donors (Lipinski definition) is 2. The summed E-state index contributed by atoms with van der Waals surface area (Å²) in [6.45, 7) is 0.565. The Morgan fingerprint density at radius 2 is 1.76 bits per heavy atom. The second-order valence-electron chi connectivity index (χ2n) is 8.25. The molecule has 4 aromatic rings. The van der Waals surface area contributed by atoms with Crippen molar-refractivity contribution in [3.05, 3.63) is 90.3 Å². The highest BCUT2D eigenvalue weighted by Gasteiger charge is 2.31. The van der Waals surface area contributed by atoms with Crippen molar-refractivity contribution in [1.29, 1.82) is 0 Å². The molecule has 4 rings (SSSR count). The fourth-order valence-corrected chi connectivity index (χ4v) is 3.64. The van der Waals surface area contributed by atoms with Gasteiger partial charge in [0, 0.05) is 31.9 Å². The molecule has 0 bridgehead atoms. The molecule has 38 heavy (non-hydrogen) atoms. The van der Waals surface area contributed by atoms with Gasteiger partial charge in [0.25, 0.3) is 0 Å². The van der Waals surface area contributed by atoms with Gasteiger partial charge < -0.3 is 15.0 Å². The van der Waals surface area contributed by atoms with Gasteiger partial charge in [-0.05, 0) is 53.7 Å². The summed E-state index contributed by atoms with van der Waals surface area (Å²) in [4.78, 5) is 6.33. The largest absolute Gasteiger partial charge is 0.573 e. The van der Waals surface area contributed by atoms with Gasteiger partial charge in [0.1, 0.15) is 12.1 Å². The van der Waals surface area contributed by atoms with Crippen molar-refractivity contribution in [1.82, 2.24) is 25.5 Å². The van der Waals surface area contributed by atoms with Crippen molar-refractivity contribution in [2.24, 2.45) is 5.10 Å². The molecule has 0 aliphatic rings. The lowest BCUT2D eigenvalue weighted by atomic mass is 10.1. The zero-order valence-corrected chi connectivity index (χ0v) is 21.3. The fraction of sp³-hybridized carbons (Fsp3) is 0.154. The van der Waals surface area contributed by atoms with E-state index in [9.17, 15) is 13.2 Å². The van der Waals surface area contributed by atoms with Crippen molar-refractivity contribution in [3.8, 4) is 22.8 Å². The maximum Gasteiger partial charge on any atom is 0.573 e. The fourth-order valence-electron chi connectivity index (χ4n) is 3.52. The molecule has 0 aliphatic carbocycles. The van der Waals surface area contributed by atoms with Gasteiger partial charge in [-0.15, -0.1) is 18.3 Å². The second-order valence-corrected chi connectivity index (χ2v) is 8.66. The highest BCUT2D eigenvalue weighted by atomic mass is 32.1. The lowest BCUT2D eigenvalue weighted by molar-refractivity contribution is -0.274. The number of rotatable bonds is 8. The number of hydrazone groups is 1. The van der Waals surface area contributed by atoms with Crippen LogP contribution in [0.5, 0.6) is 5.75 Å². The summed E-state index contributed by atoms with van der Waals surface area (Å²) in [6.07, 6.45) is -1.61. The van der Waals surface area contributed by atoms with Crippen LogP contribution in [0.2, 0.25) is 0 Å². The van der Waals surface area contributed by atoms with E-state index in [1.54, 1.807) is 6.21 Å². The van der Waals surface area contributed by atoms with Crippen molar-refractivity contribution < 1.29 is 17.9 Å². The minimum atomic E-state index is -4.74. The summed E-state index contributed by atoms with van der Waals surface area (Å²) in [5.74, 6) is 0.158. The number of nitrogens with one attached hydrogen (secondary N) is 2. The van der Waals surface area contributed by atoms with Crippen molar-refractivity contribution in [2.45, 2.75) is 12.9 Å². The molecule has 0 amide bonds. The number of alkyl halides is 3. The summed E-state index contributed by atoms with van der Waals surface area (Å²) in [6, 6.07) is 20.8. The predicted octanol–water partition coefficient (Wildman–Crippen LogP) is 4.90. The summed E-state index contributed by atoms with van der Waals surface area (Å²) < 4.78 is 42.4. The van der Waals surface area contributed by atoms with E-state index in [1.807, 2.05) is 67.5 Å². The Balaban J connectivity index is 1.31. The number of benzene rings is 3. The lowest BCUT2D eigenvalue weighted by Crippen LogP contribution is -2.32. The molecule has 0 saturated carbocycles. The maximum atomic E-state index is 12.3. The molecule has 1 heterocycles. The van der Waals surface area contributed by atoms with Gasteiger partial charge in [-0.3, -0.25) is 5.43 Å². The zero-order chi connectivity index (χ0) is 27.1. The third-order valence-corrected chi connectivity index (χ3v) is 5.52. The van der Waals surface area contributed by atoms with Crippen LogP contribution in [0.15, 0.2) is 84.2 Å². The molecule has 0 fully saturated rings. The van der Waals surface area contributed by atoms with Crippen LogP contribution >= 0.6 is 12.2 Å². The van der Waals surface area contributed by atoms with E-state index >= 15 is 0 Å². The Labute approximate surface area is 222 Å². The van der Waals surface area contributed by atoms with Crippen LogP contribution in [0, 0.1) is 0 Å². The van der Waals surface area contributed by atoms with Gasteiger partial charge in [-0.2, -0.15) is 5.10 Å². The van der Waals surface area contributed by atoms with Gasteiger partial charge in [-0.1, -0.05) is 42.5 Å². The molecule has 196 valence electrons. The zero-order valence-electron chi connectivity index (χ0n) is 20.5. The number of halogens is 3. The predicted molar refractivity (Wildman–Crippen MR) is 144 cm³/mol. The second kappa shape index (κ2) is 11.7. The minimum absolute atomic E-state index is 0.306. The number of nitrogens with zero attached hydrogens (tertiary/aromatic N) is 5. The van der Waals surface area contributed by atoms with Crippen LogP contribution in [0.3, 0.4) is 0 Å². The normalized spacial score (nSPS) is 11.4. The first-order valence-corrected chi connectivity index (χ1v) is 11.8. The van der Waals surface area contributed by atoms with Crippen LogP contribution in [-0.4, -0.2) is 46.5 Å². The van der Waals surface area contributed by atoms with Gasteiger partial charge >= 0.3 is 6.36 Å². The first-order valence-electron chi connectivity index (χ1n) is 11.4. The quantitative estimate of drug-likeness (QED) is 0.187. The van der Waals surface area contributed by atoms with Crippen molar-refractivity contribution in [2.75, 3.05) is 19.0 Å². The van der Waals surface area contributed by atoms with E-state index in [4.69, 9.17) is 12.2 Å². The van der Waals surface area contributed by atoms with Crippen molar-refractivity contribution >= 4 is 29.2 Å². The maximum absolute atomic E-state index is 12.3. The van der Waals surface area contributed by atoms with Gasteiger partial charge in [0.15, 0.2) is 10.9 Å². The summed E-state index contributed by atoms with van der Waals surface area (Å²) in [7, 11) is 3.98. The molecule has 12 heteroatoms. The number of para-hydroxylation sites is 1. The first-order chi connectivity index (χ1) is 18.2. The number of ether oxygens (including phenoxy) is 1. The van der Waals surface area contributed by atoms with Gasteiger partial charge in [0.05, 0.1) is 11.9 Å². The van der Waals surface area contributed by atoms with E-state index in [0.717, 1.165) is 22.4 Å². The Bertz CT molecular complexity index is 1400. The monoisotopic (exact) mass is 539 g/mol. The summed E-state index contributed by atoms with van der Waals surface area (Å²) >= 11 is 5.31. The summed E-state index contributed by atoms with van der Waals surface area (Å²) in [5.41, 5.74) is 7.18. The molecule has 2 N–H and O–H groups in total. The molecule has 8 nitrogen and oxygen atoms in total. The summed E-state index contributed by atoms with van der Waals surface area (Å²) in [5, 5.41) is 12.1.